The Kier molecular flexibility index (Phi) is 6.58. The molecule has 0 spiro atoms. The SMILES string of the molecule is CCOC(=O)c1cn(CCN(CC)CC)c(=O)c2cc(OC)ccc12. The average molecular weight is 346 g/mol. The molecular weight excluding hydrogens is 320 g/mol. The third-order valence-electron chi connectivity index (χ3n) is 4.34. The van der Waals surface area contributed by atoms with Crippen molar-refractivity contribution in [3.05, 3.63) is 40.3 Å². The van der Waals surface area contributed by atoms with E-state index in [2.05, 4.69) is 18.7 Å². The number of hydrogen-bond donors (Lipinski definition) is 0. The van der Waals surface area contributed by atoms with Gasteiger partial charge in [-0.05, 0) is 38.2 Å². The second kappa shape index (κ2) is 8.67. The second-order valence-electron chi connectivity index (χ2n) is 5.70. The third-order valence-corrected chi connectivity index (χ3v) is 4.34. The standard InChI is InChI=1S/C19H26N2O4/c1-5-20(6-2)10-11-21-13-17(19(23)25-7-3)15-9-8-14(24-4)12-16(15)18(21)22/h8-9,12-13H,5-7,10-11H2,1-4H3. The van der Waals surface area contributed by atoms with Gasteiger partial charge < -0.3 is 18.9 Å². The van der Waals surface area contributed by atoms with E-state index in [0.29, 0.717) is 28.6 Å². The molecule has 0 bridgehead atoms. The van der Waals surface area contributed by atoms with Gasteiger partial charge in [-0.1, -0.05) is 13.8 Å². The highest BCUT2D eigenvalue weighted by molar-refractivity contribution is 6.04. The van der Waals surface area contributed by atoms with Crippen molar-refractivity contribution in [2.45, 2.75) is 27.3 Å². The largest absolute Gasteiger partial charge is 0.497 e. The first-order valence-electron chi connectivity index (χ1n) is 8.66. The van der Waals surface area contributed by atoms with Crippen molar-refractivity contribution in [2.75, 3.05) is 33.4 Å². The van der Waals surface area contributed by atoms with E-state index in [1.165, 1.54) is 0 Å². The van der Waals surface area contributed by atoms with Crippen molar-refractivity contribution in [2.24, 2.45) is 0 Å². The predicted molar refractivity (Wildman–Crippen MR) is 98.5 cm³/mol. The molecule has 0 radical (unpaired) electrons. The number of pyridine rings is 1. The van der Waals surface area contributed by atoms with Crippen molar-refractivity contribution >= 4 is 16.7 Å². The van der Waals surface area contributed by atoms with Gasteiger partial charge in [-0.2, -0.15) is 0 Å². The Balaban J connectivity index is 2.55. The molecule has 0 aliphatic rings. The van der Waals surface area contributed by atoms with E-state index in [-0.39, 0.29) is 12.2 Å². The summed E-state index contributed by atoms with van der Waals surface area (Å²) >= 11 is 0. The lowest BCUT2D eigenvalue weighted by Gasteiger charge is -2.19. The summed E-state index contributed by atoms with van der Waals surface area (Å²) in [5, 5.41) is 1.05. The summed E-state index contributed by atoms with van der Waals surface area (Å²) < 4.78 is 12.0. The summed E-state index contributed by atoms with van der Waals surface area (Å²) in [6.07, 6.45) is 1.61. The van der Waals surface area contributed by atoms with Crippen LogP contribution in [0.3, 0.4) is 0 Å². The van der Waals surface area contributed by atoms with Gasteiger partial charge in [0.1, 0.15) is 5.75 Å². The van der Waals surface area contributed by atoms with Crippen LogP contribution in [0, 0.1) is 0 Å². The van der Waals surface area contributed by atoms with E-state index in [1.54, 1.807) is 43.0 Å². The maximum Gasteiger partial charge on any atom is 0.340 e. The summed E-state index contributed by atoms with van der Waals surface area (Å²) in [4.78, 5) is 27.4. The van der Waals surface area contributed by atoms with Crippen molar-refractivity contribution in [3.8, 4) is 5.75 Å². The maximum absolute atomic E-state index is 12.9. The third kappa shape index (κ3) is 4.20. The molecule has 0 saturated heterocycles. The summed E-state index contributed by atoms with van der Waals surface area (Å²) in [6.45, 7) is 9.30. The maximum atomic E-state index is 12.9. The summed E-state index contributed by atoms with van der Waals surface area (Å²) in [5.74, 6) is 0.162. The molecule has 6 nitrogen and oxygen atoms in total. The molecule has 1 aromatic carbocycles. The number of ether oxygens (including phenoxy) is 2. The minimum absolute atomic E-state index is 0.130. The highest BCUT2D eigenvalue weighted by Crippen LogP contribution is 2.22. The normalized spacial score (nSPS) is 11.1. The summed E-state index contributed by atoms with van der Waals surface area (Å²) in [6, 6.07) is 5.15. The van der Waals surface area contributed by atoms with Gasteiger partial charge in [-0.25, -0.2) is 4.79 Å². The number of aromatic nitrogens is 1. The Morgan fingerprint density at radius 1 is 1.16 bits per heavy atom. The summed E-state index contributed by atoms with van der Waals surface area (Å²) in [5.41, 5.74) is 0.271. The molecule has 0 unspecified atom stereocenters. The van der Waals surface area contributed by atoms with E-state index in [4.69, 9.17) is 9.47 Å². The Bertz CT molecular complexity index is 794. The van der Waals surface area contributed by atoms with E-state index >= 15 is 0 Å². The first-order valence-corrected chi connectivity index (χ1v) is 8.66. The van der Waals surface area contributed by atoms with Gasteiger partial charge in [-0.15, -0.1) is 0 Å². The number of carbonyl (C=O) groups excluding carboxylic acids is 1. The Morgan fingerprint density at radius 2 is 1.88 bits per heavy atom. The zero-order chi connectivity index (χ0) is 18.4. The average Bonchev–Trinajstić information content (AvgIpc) is 2.64. The molecular formula is C19H26N2O4. The first-order chi connectivity index (χ1) is 12.0. The Morgan fingerprint density at radius 3 is 2.48 bits per heavy atom. The quantitative estimate of drug-likeness (QED) is 0.688. The fraction of sp³-hybridized carbons (Fsp3) is 0.474. The molecule has 0 fully saturated rings. The number of fused-ring (bicyclic) bond motifs is 1. The number of benzene rings is 1. The van der Waals surface area contributed by atoms with Gasteiger partial charge in [0.05, 0.1) is 24.7 Å². The highest BCUT2D eigenvalue weighted by Gasteiger charge is 2.16. The monoisotopic (exact) mass is 346 g/mol. The minimum Gasteiger partial charge on any atom is -0.497 e. The fourth-order valence-corrected chi connectivity index (χ4v) is 2.83. The zero-order valence-corrected chi connectivity index (χ0v) is 15.4. The van der Waals surface area contributed by atoms with Crippen molar-refractivity contribution in [3.63, 3.8) is 0 Å². The molecule has 2 aromatic rings. The van der Waals surface area contributed by atoms with E-state index < -0.39 is 5.97 Å². The van der Waals surface area contributed by atoms with Crippen LogP contribution >= 0.6 is 0 Å². The van der Waals surface area contributed by atoms with Crippen LogP contribution < -0.4 is 10.3 Å². The molecule has 0 saturated carbocycles. The second-order valence-corrected chi connectivity index (χ2v) is 5.70. The van der Waals surface area contributed by atoms with Gasteiger partial charge >= 0.3 is 5.97 Å². The van der Waals surface area contributed by atoms with E-state index in [1.807, 2.05) is 0 Å². The van der Waals surface area contributed by atoms with Crippen LogP contribution in [0.2, 0.25) is 0 Å². The van der Waals surface area contributed by atoms with E-state index in [0.717, 1.165) is 19.6 Å². The van der Waals surface area contributed by atoms with Gasteiger partial charge in [0.25, 0.3) is 5.56 Å². The molecule has 136 valence electrons. The number of nitrogens with zero attached hydrogens (tertiary/aromatic N) is 2. The van der Waals surface area contributed by atoms with Gasteiger partial charge in [0.15, 0.2) is 0 Å². The van der Waals surface area contributed by atoms with Crippen molar-refractivity contribution in [1.29, 1.82) is 0 Å². The fourth-order valence-electron chi connectivity index (χ4n) is 2.83. The van der Waals surface area contributed by atoms with Crippen LogP contribution in [0.5, 0.6) is 5.75 Å². The molecule has 0 aliphatic carbocycles. The van der Waals surface area contributed by atoms with Gasteiger partial charge in [-0.3, -0.25) is 4.79 Å². The van der Waals surface area contributed by atoms with Gasteiger partial charge in [0, 0.05) is 24.7 Å². The number of rotatable bonds is 8. The molecule has 2 rings (SSSR count). The molecule has 0 N–H and O–H groups in total. The number of esters is 1. The zero-order valence-electron chi connectivity index (χ0n) is 15.4. The van der Waals surface area contributed by atoms with Crippen LogP contribution in [-0.2, 0) is 11.3 Å². The highest BCUT2D eigenvalue weighted by atomic mass is 16.5. The van der Waals surface area contributed by atoms with Crippen LogP contribution in [0.25, 0.3) is 10.8 Å². The lowest BCUT2D eigenvalue weighted by molar-refractivity contribution is 0.0527. The molecule has 1 aromatic heterocycles. The number of carbonyl (C=O) groups is 1. The smallest absolute Gasteiger partial charge is 0.340 e. The molecule has 0 atom stereocenters. The lowest BCUT2D eigenvalue weighted by atomic mass is 10.1. The van der Waals surface area contributed by atoms with Crippen molar-refractivity contribution in [1.82, 2.24) is 9.47 Å². The first kappa shape index (κ1) is 19.0. The summed E-state index contributed by atoms with van der Waals surface area (Å²) in [7, 11) is 1.55. The molecule has 0 amide bonds. The Labute approximate surface area is 148 Å². The van der Waals surface area contributed by atoms with Crippen LogP contribution in [0.4, 0.5) is 0 Å². The lowest BCUT2D eigenvalue weighted by Crippen LogP contribution is -2.31. The molecule has 6 heteroatoms. The topological polar surface area (TPSA) is 60.8 Å². The Hall–Kier alpha value is -2.34. The number of methoxy groups -OCH3 is 1. The molecule has 25 heavy (non-hydrogen) atoms. The van der Waals surface area contributed by atoms with Crippen molar-refractivity contribution < 1.29 is 14.3 Å². The van der Waals surface area contributed by atoms with E-state index in [9.17, 15) is 9.59 Å². The van der Waals surface area contributed by atoms with Gasteiger partial charge in [0.2, 0.25) is 0 Å². The van der Waals surface area contributed by atoms with Crippen LogP contribution in [0.1, 0.15) is 31.1 Å². The molecule has 0 aliphatic heterocycles. The number of hydrogen-bond acceptors (Lipinski definition) is 5. The minimum atomic E-state index is -0.422. The number of likely N-dealkylation sites (N-methyl/N-ethyl adjacent to an activating group) is 1. The van der Waals surface area contributed by atoms with Crippen LogP contribution in [0.15, 0.2) is 29.2 Å². The predicted octanol–water partition coefficient (Wildman–Crippen LogP) is 2.53. The van der Waals surface area contributed by atoms with Crippen LogP contribution in [-0.4, -0.2) is 48.8 Å². The molecule has 1 heterocycles.